The predicted octanol–water partition coefficient (Wildman–Crippen LogP) is 2.80. The van der Waals surface area contributed by atoms with Gasteiger partial charge in [0.1, 0.15) is 0 Å². The Labute approximate surface area is 84.7 Å². The van der Waals surface area contributed by atoms with Crippen LogP contribution in [0.4, 0.5) is 0 Å². The Hall–Kier alpha value is 0.01000. The van der Waals surface area contributed by atoms with E-state index >= 15 is 0 Å². The minimum absolute atomic E-state index is 0.0278. The lowest BCUT2D eigenvalue weighted by atomic mass is 10.1. The molecule has 1 aliphatic rings. The molecule has 0 aromatic carbocycles. The largest absolute Gasteiger partial charge is 0.353 e. The molecule has 1 rings (SSSR count). The average Bonchev–Trinajstić information content (AvgIpc) is 2.58. The van der Waals surface area contributed by atoms with E-state index in [9.17, 15) is 0 Å². The third-order valence-corrected chi connectivity index (χ3v) is 2.86. The highest BCUT2D eigenvalue weighted by atomic mass is 32.2. The summed E-state index contributed by atoms with van der Waals surface area (Å²) in [5.41, 5.74) is 1.47. The van der Waals surface area contributed by atoms with Gasteiger partial charge in [0, 0.05) is 25.4 Å². The first kappa shape index (κ1) is 11.1. The monoisotopic (exact) mass is 202 g/mol. The van der Waals surface area contributed by atoms with Crippen molar-refractivity contribution in [3.05, 3.63) is 11.0 Å². The lowest BCUT2D eigenvalue weighted by Crippen LogP contribution is -2.17. The number of thioether (sulfide) groups is 1. The molecule has 0 radical (unpaired) electrons. The normalized spacial score (nSPS) is 16.7. The Balaban J connectivity index is 2.27. The number of hydrogen-bond acceptors (Lipinski definition) is 3. The Morgan fingerprint density at radius 2 is 2.08 bits per heavy atom. The molecule has 0 amide bonds. The van der Waals surface area contributed by atoms with Gasteiger partial charge < -0.3 is 9.47 Å². The van der Waals surface area contributed by atoms with Crippen molar-refractivity contribution in [2.24, 2.45) is 0 Å². The first-order valence-electron chi connectivity index (χ1n) is 4.89. The summed E-state index contributed by atoms with van der Waals surface area (Å²) in [5, 5.41) is 2.24. The molecule has 0 saturated heterocycles. The molecule has 0 aromatic rings. The molecule has 0 unspecified atom stereocenters. The maximum atomic E-state index is 5.47. The highest BCUT2D eigenvalue weighted by Crippen LogP contribution is 2.26. The maximum absolute atomic E-state index is 5.47. The van der Waals surface area contributed by atoms with Gasteiger partial charge in [0.15, 0.2) is 6.29 Å². The van der Waals surface area contributed by atoms with Crippen molar-refractivity contribution in [2.75, 3.05) is 19.0 Å². The molecular weight excluding hydrogens is 184 g/mol. The van der Waals surface area contributed by atoms with E-state index in [1.807, 2.05) is 25.6 Å². The van der Waals surface area contributed by atoms with Crippen molar-refractivity contribution in [1.82, 2.24) is 0 Å². The summed E-state index contributed by atoms with van der Waals surface area (Å²) in [4.78, 5) is 0. The molecule has 0 bridgehead atoms. The van der Waals surface area contributed by atoms with Crippen molar-refractivity contribution in [3.63, 3.8) is 0 Å². The van der Waals surface area contributed by atoms with E-state index in [0.717, 1.165) is 19.6 Å². The zero-order valence-corrected chi connectivity index (χ0v) is 9.23. The molecule has 0 spiro atoms. The van der Waals surface area contributed by atoms with E-state index < -0.39 is 0 Å². The quantitative estimate of drug-likeness (QED) is 0.617. The number of hydrogen-bond donors (Lipinski definition) is 0. The van der Waals surface area contributed by atoms with Crippen LogP contribution in [0.3, 0.4) is 0 Å². The Morgan fingerprint density at radius 1 is 1.38 bits per heavy atom. The summed E-state index contributed by atoms with van der Waals surface area (Å²) in [6, 6.07) is 0. The highest BCUT2D eigenvalue weighted by molar-refractivity contribution is 8.02. The lowest BCUT2D eigenvalue weighted by molar-refractivity contribution is -0.134. The molecule has 0 atom stereocenters. The van der Waals surface area contributed by atoms with E-state index in [4.69, 9.17) is 9.47 Å². The standard InChI is InChI=1S/C10H18O2S/c1-3-11-10(12-4-2)7-9-5-6-13-8-9/h8,10H,3-7H2,1-2H3. The molecule has 2 nitrogen and oxygen atoms in total. The van der Waals surface area contributed by atoms with E-state index in [0.29, 0.717) is 0 Å². The number of rotatable bonds is 6. The minimum atomic E-state index is -0.0278. The van der Waals surface area contributed by atoms with Crippen LogP contribution in [0.25, 0.3) is 0 Å². The topological polar surface area (TPSA) is 18.5 Å². The van der Waals surface area contributed by atoms with Gasteiger partial charge in [-0.2, -0.15) is 0 Å². The molecular formula is C10H18O2S. The average molecular weight is 202 g/mol. The van der Waals surface area contributed by atoms with E-state index in [-0.39, 0.29) is 6.29 Å². The van der Waals surface area contributed by atoms with Crippen LogP contribution in [0.15, 0.2) is 11.0 Å². The summed E-state index contributed by atoms with van der Waals surface area (Å²) >= 11 is 1.89. The maximum Gasteiger partial charge on any atom is 0.161 e. The molecule has 0 saturated carbocycles. The predicted molar refractivity (Wildman–Crippen MR) is 56.8 cm³/mol. The molecule has 1 heterocycles. The zero-order chi connectivity index (χ0) is 9.52. The SMILES string of the molecule is CCOC(CC1=CSCC1)OCC. The van der Waals surface area contributed by atoms with Crippen LogP contribution in [0.1, 0.15) is 26.7 Å². The summed E-state index contributed by atoms with van der Waals surface area (Å²) < 4.78 is 10.9. The van der Waals surface area contributed by atoms with Crippen LogP contribution >= 0.6 is 11.8 Å². The third kappa shape index (κ3) is 4.16. The minimum Gasteiger partial charge on any atom is -0.353 e. The van der Waals surface area contributed by atoms with Crippen molar-refractivity contribution in [2.45, 2.75) is 33.0 Å². The summed E-state index contributed by atoms with van der Waals surface area (Å²) in [7, 11) is 0. The van der Waals surface area contributed by atoms with Crippen LogP contribution in [-0.4, -0.2) is 25.3 Å². The highest BCUT2D eigenvalue weighted by Gasteiger charge is 2.13. The van der Waals surface area contributed by atoms with E-state index in [2.05, 4.69) is 5.41 Å². The van der Waals surface area contributed by atoms with Crippen molar-refractivity contribution in [3.8, 4) is 0 Å². The molecule has 13 heavy (non-hydrogen) atoms. The van der Waals surface area contributed by atoms with Gasteiger partial charge in [-0.15, -0.1) is 11.8 Å². The van der Waals surface area contributed by atoms with Crippen LogP contribution < -0.4 is 0 Å². The van der Waals surface area contributed by atoms with Gasteiger partial charge in [-0.25, -0.2) is 0 Å². The number of ether oxygens (including phenoxy) is 2. The molecule has 0 fully saturated rings. The molecule has 1 aliphatic heterocycles. The zero-order valence-electron chi connectivity index (χ0n) is 8.41. The van der Waals surface area contributed by atoms with Crippen molar-refractivity contribution < 1.29 is 9.47 Å². The van der Waals surface area contributed by atoms with Gasteiger partial charge in [0.2, 0.25) is 0 Å². The molecule has 3 heteroatoms. The summed E-state index contributed by atoms with van der Waals surface area (Å²) in [6.07, 6.45) is 2.11. The van der Waals surface area contributed by atoms with Crippen LogP contribution in [-0.2, 0) is 9.47 Å². The lowest BCUT2D eigenvalue weighted by Gasteiger charge is -2.16. The van der Waals surface area contributed by atoms with E-state index in [1.54, 1.807) is 0 Å². The second kappa shape index (κ2) is 6.46. The molecule has 0 N–H and O–H groups in total. The fourth-order valence-electron chi connectivity index (χ4n) is 1.33. The Morgan fingerprint density at radius 3 is 2.54 bits per heavy atom. The van der Waals surface area contributed by atoms with Crippen molar-refractivity contribution in [1.29, 1.82) is 0 Å². The second-order valence-electron chi connectivity index (χ2n) is 2.94. The molecule has 0 aliphatic carbocycles. The molecule has 76 valence electrons. The van der Waals surface area contributed by atoms with Gasteiger partial charge in [0.25, 0.3) is 0 Å². The Bertz CT molecular complexity index is 162. The third-order valence-electron chi connectivity index (χ3n) is 1.93. The first-order valence-corrected chi connectivity index (χ1v) is 5.94. The van der Waals surface area contributed by atoms with Gasteiger partial charge >= 0.3 is 0 Å². The van der Waals surface area contributed by atoms with Crippen LogP contribution in [0, 0.1) is 0 Å². The van der Waals surface area contributed by atoms with Gasteiger partial charge in [0.05, 0.1) is 0 Å². The van der Waals surface area contributed by atoms with E-state index in [1.165, 1.54) is 17.7 Å². The summed E-state index contributed by atoms with van der Waals surface area (Å²) in [5.74, 6) is 1.22. The van der Waals surface area contributed by atoms with Crippen LogP contribution in [0.2, 0.25) is 0 Å². The van der Waals surface area contributed by atoms with Crippen LogP contribution in [0.5, 0.6) is 0 Å². The summed E-state index contributed by atoms with van der Waals surface area (Å²) in [6.45, 7) is 5.46. The van der Waals surface area contributed by atoms with Crippen molar-refractivity contribution >= 4 is 11.8 Å². The second-order valence-corrected chi connectivity index (χ2v) is 3.92. The Kier molecular flexibility index (Phi) is 5.51. The first-order chi connectivity index (χ1) is 6.36. The molecule has 0 aromatic heterocycles. The van der Waals surface area contributed by atoms with Gasteiger partial charge in [-0.05, 0) is 25.7 Å². The fourth-order valence-corrected chi connectivity index (χ4v) is 2.28. The van der Waals surface area contributed by atoms with Gasteiger partial charge in [-0.1, -0.05) is 5.57 Å². The fraction of sp³-hybridized carbons (Fsp3) is 0.800. The smallest absolute Gasteiger partial charge is 0.161 e. The van der Waals surface area contributed by atoms with Gasteiger partial charge in [-0.3, -0.25) is 0 Å².